The number of hydrogen-bond donors (Lipinski definition) is 0. The third-order valence-electron chi connectivity index (χ3n) is 1.74. The highest BCUT2D eigenvalue weighted by Gasteiger charge is 2.29. The van der Waals surface area contributed by atoms with Gasteiger partial charge in [-0.1, -0.05) is 50.9 Å². The van der Waals surface area contributed by atoms with Crippen molar-refractivity contribution >= 4 is 53.6 Å². The van der Waals surface area contributed by atoms with Crippen molar-refractivity contribution in [2.75, 3.05) is 0 Å². The quantitative estimate of drug-likeness (QED) is 0.655. The summed E-state index contributed by atoms with van der Waals surface area (Å²) >= 11 is 10.1. The lowest BCUT2D eigenvalue weighted by Crippen LogP contribution is -2.22. The van der Waals surface area contributed by atoms with Crippen molar-refractivity contribution in [1.82, 2.24) is 0 Å². The fourth-order valence-electron chi connectivity index (χ4n) is 0.863. The van der Waals surface area contributed by atoms with Gasteiger partial charge in [0.15, 0.2) is 5.78 Å². The summed E-state index contributed by atoms with van der Waals surface area (Å²) in [6.45, 7) is 2.03. The van der Waals surface area contributed by atoms with Crippen LogP contribution in [0, 0.1) is 5.41 Å². The molecular weight excluding hydrogens is 352 g/mol. The Morgan fingerprint density at radius 3 is 2.50 bits per heavy atom. The molecule has 0 bridgehead atoms. The summed E-state index contributed by atoms with van der Waals surface area (Å²) < 4.78 is 0.755. The second-order valence-corrected chi connectivity index (χ2v) is 6.77. The molecule has 0 N–H and O–H groups in total. The number of carbonyl (C=O) groups excluding carboxylic acids is 1. The molecular formula is C8H7Br3O. The van der Waals surface area contributed by atoms with Crippen molar-refractivity contribution in [2.24, 2.45) is 5.41 Å². The van der Waals surface area contributed by atoms with E-state index in [1.165, 1.54) is 0 Å². The normalized spacial score (nSPS) is 29.4. The molecule has 0 radical (unpaired) electrons. The number of carbonyl (C=O) groups is 1. The summed E-state index contributed by atoms with van der Waals surface area (Å²) in [7, 11) is 0. The largest absolute Gasteiger partial charge is 0.289 e. The first kappa shape index (κ1) is 10.7. The molecule has 66 valence electrons. The van der Waals surface area contributed by atoms with Gasteiger partial charge in [0.2, 0.25) is 0 Å². The average molecular weight is 359 g/mol. The maximum Gasteiger partial charge on any atom is 0.192 e. The fraction of sp³-hybridized carbons (Fsp3) is 0.375. The van der Waals surface area contributed by atoms with E-state index in [9.17, 15) is 4.79 Å². The van der Waals surface area contributed by atoms with Crippen molar-refractivity contribution in [1.29, 1.82) is 0 Å². The number of allylic oxidation sites excluding steroid dienone is 4. The minimum absolute atomic E-state index is 0.0214. The highest BCUT2D eigenvalue weighted by molar-refractivity contribution is 9.24. The Balaban J connectivity index is 2.99. The van der Waals surface area contributed by atoms with E-state index >= 15 is 0 Å². The number of alkyl halides is 2. The Hall–Kier alpha value is 0.590. The summed E-state index contributed by atoms with van der Waals surface area (Å²) in [5.41, 5.74) is -0.146. The molecule has 1 unspecified atom stereocenters. The van der Waals surface area contributed by atoms with Gasteiger partial charge in [0.25, 0.3) is 0 Å². The van der Waals surface area contributed by atoms with Gasteiger partial charge in [0, 0.05) is 5.41 Å². The van der Waals surface area contributed by atoms with Crippen LogP contribution in [0.1, 0.15) is 6.92 Å². The first-order valence-corrected chi connectivity index (χ1v) is 5.98. The van der Waals surface area contributed by atoms with Gasteiger partial charge >= 0.3 is 0 Å². The summed E-state index contributed by atoms with van der Waals surface area (Å²) in [4.78, 5) is 11.1. The van der Waals surface area contributed by atoms with E-state index in [1.807, 2.05) is 19.1 Å². The first-order valence-electron chi connectivity index (χ1n) is 3.36. The van der Waals surface area contributed by atoms with Gasteiger partial charge in [-0.25, -0.2) is 0 Å². The lowest BCUT2D eigenvalue weighted by Gasteiger charge is -2.26. The standard InChI is InChI=1S/C8H7Br3O/c1-8(7(10)11)3-2-6(12)5(9)4-8/h2-4,7H,1H3. The Kier molecular flexibility index (Phi) is 3.34. The van der Waals surface area contributed by atoms with Crippen molar-refractivity contribution in [3.8, 4) is 0 Å². The number of rotatable bonds is 1. The molecule has 0 saturated carbocycles. The lowest BCUT2D eigenvalue weighted by molar-refractivity contribution is -0.110. The van der Waals surface area contributed by atoms with Crippen LogP contribution in [0.3, 0.4) is 0 Å². The lowest BCUT2D eigenvalue weighted by atomic mass is 9.88. The molecule has 1 nitrogen and oxygen atoms in total. The van der Waals surface area contributed by atoms with Crippen LogP contribution in [-0.4, -0.2) is 9.52 Å². The van der Waals surface area contributed by atoms with E-state index in [4.69, 9.17) is 0 Å². The maximum atomic E-state index is 11.1. The monoisotopic (exact) mass is 356 g/mol. The second kappa shape index (κ2) is 3.76. The van der Waals surface area contributed by atoms with E-state index in [0.717, 1.165) is 0 Å². The van der Waals surface area contributed by atoms with Crippen molar-refractivity contribution in [2.45, 2.75) is 10.7 Å². The molecule has 0 aromatic heterocycles. The van der Waals surface area contributed by atoms with Gasteiger partial charge in [-0.3, -0.25) is 4.79 Å². The van der Waals surface area contributed by atoms with Crippen LogP contribution < -0.4 is 0 Å². The predicted molar refractivity (Wildman–Crippen MR) is 60.9 cm³/mol. The Bertz CT molecular complexity index is 267. The molecule has 0 aromatic carbocycles. The fourth-order valence-corrected chi connectivity index (χ4v) is 2.06. The highest BCUT2D eigenvalue weighted by Crippen LogP contribution is 2.39. The van der Waals surface area contributed by atoms with Gasteiger partial charge < -0.3 is 0 Å². The third-order valence-corrected chi connectivity index (χ3v) is 4.33. The Labute approximate surface area is 96.7 Å². The number of hydrogen-bond acceptors (Lipinski definition) is 1. The molecule has 1 aliphatic carbocycles. The summed E-state index contributed by atoms with van der Waals surface area (Å²) in [6, 6.07) is 0. The minimum atomic E-state index is -0.146. The summed E-state index contributed by atoms with van der Waals surface area (Å²) in [5, 5.41) is 0. The van der Waals surface area contributed by atoms with Gasteiger partial charge in [-0.2, -0.15) is 0 Å². The van der Waals surface area contributed by atoms with Crippen LogP contribution in [0.5, 0.6) is 0 Å². The van der Waals surface area contributed by atoms with Crippen LogP contribution in [0.15, 0.2) is 22.7 Å². The van der Waals surface area contributed by atoms with Gasteiger partial charge in [0.1, 0.15) is 0 Å². The average Bonchev–Trinajstić information content (AvgIpc) is 1.97. The zero-order valence-corrected chi connectivity index (χ0v) is 11.1. The third kappa shape index (κ3) is 2.09. The predicted octanol–water partition coefficient (Wildman–Crippen LogP) is 3.53. The van der Waals surface area contributed by atoms with E-state index < -0.39 is 0 Å². The second-order valence-electron chi connectivity index (χ2n) is 2.86. The van der Waals surface area contributed by atoms with Gasteiger partial charge in [-0.05, 0) is 22.0 Å². The molecule has 4 heteroatoms. The van der Waals surface area contributed by atoms with E-state index in [0.29, 0.717) is 4.48 Å². The molecule has 0 saturated heterocycles. The van der Waals surface area contributed by atoms with Crippen LogP contribution in [0.25, 0.3) is 0 Å². The van der Waals surface area contributed by atoms with E-state index in [1.54, 1.807) is 6.08 Å². The molecule has 1 rings (SSSR count). The highest BCUT2D eigenvalue weighted by atomic mass is 79.9. The molecule has 0 heterocycles. The number of halogens is 3. The zero-order chi connectivity index (χ0) is 9.35. The topological polar surface area (TPSA) is 17.1 Å². The SMILES string of the molecule is CC1(C(Br)Br)C=CC(=O)C(Br)=C1. The van der Waals surface area contributed by atoms with Gasteiger partial charge in [-0.15, -0.1) is 0 Å². The van der Waals surface area contributed by atoms with E-state index in [2.05, 4.69) is 47.8 Å². The zero-order valence-electron chi connectivity index (χ0n) is 6.35. The van der Waals surface area contributed by atoms with Gasteiger partial charge in [0.05, 0.1) is 8.22 Å². The van der Waals surface area contributed by atoms with Crippen LogP contribution in [0.4, 0.5) is 0 Å². The number of ketones is 1. The van der Waals surface area contributed by atoms with E-state index in [-0.39, 0.29) is 14.9 Å². The molecule has 0 aliphatic heterocycles. The van der Waals surface area contributed by atoms with Crippen molar-refractivity contribution < 1.29 is 4.79 Å². The smallest absolute Gasteiger partial charge is 0.192 e. The molecule has 1 aliphatic rings. The van der Waals surface area contributed by atoms with Crippen LogP contribution in [0.2, 0.25) is 0 Å². The van der Waals surface area contributed by atoms with Crippen LogP contribution in [-0.2, 0) is 4.79 Å². The molecule has 0 fully saturated rings. The maximum absolute atomic E-state index is 11.1. The molecule has 12 heavy (non-hydrogen) atoms. The Morgan fingerprint density at radius 2 is 2.08 bits per heavy atom. The minimum Gasteiger partial charge on any atom is -0.289 e. The van der Waals surface area contributed by atoms with Crippen molar-refractivity contribution in [3.05, 3.63) is 22.7 Å². The molecule has 0 amide bonds. The molecule has 0 spiro atoms. The Morgan fingerprint density at radius 1 is 1.50 bits per heavy atom. The molecule has 1 atom stereocenters. The first-order chi connectivity index (χ1) is 5.46. The molecule has 0 aromatic rings. The van der Waals surface area contributed by atoms with Crippen LogP contribution >= 0.6 is 47.8 Å². The van der Waals surface area contributed by atoms with Crippen molar-refractivity contribution in [3.63, 3.8) is 0 Å². The summed E-state index contributed by atoms with van der Waals surface area (Å²) in [5.74, 6) is 0.0214. The summed E-state index contributed by atoms with van der Waals surface area (Å²) in [6.07, 6.45) is 5.36.